The molecule has 34 heavy (non-hydrogen) atoms. The Labute approximate surface area is 205 Å². The van der Waals surface area contributed by atoms with Gasteiger partial charge in [0.05, 0.1) is 0 Å². The summed E-state index contributed by atoms with van der Waals surface area (Å²) in [6.45, 7) is 24.6. The third kappa shape index (κ3) is 4.76. The highest BCUT2D eigenvalue weighted by Gasteiger charge is 2.42. The number of ketones is 2. The Morgan fingerprint density at radius 2 is 0.647 bits per heavy atom. The van der Waals surface area contributed by atoms with Crippen LogP contribution in [0.2, 0.25) is 0 Å². The Balaban J connectivity index is 2.15. The molecular formula is C31H42O3. The smallest absolute Gasteiger partial charge is 0.187 e. The minimum Gasteiger partial charge on any atom is -0.289 e. The molecule has 0 saturated heterocycles. The van der Waals surface area contributed by atoms with Crippen LogP contribution in [0.5, 0.6) is 0 Å². The van der Waals surface area contributed by atoms with Gasteiger partial charge in [-0.05, 0) is 21.7 Å². The maximum Gasteiger partial charge on any atom is 0.187 e. The molecule has 3 rings (SSSR count). The van der Waals surface area contributed by atoms with Crippen LogP contribution in [0.3, 0.4) is 0 Å². The molecule has 0 unspecified atom stereocenters. The summed E-state index contributed by atoms with van der Waals surface area (Å²) < 4.78 is 0. The summed E-state index contributed by atoms with van der Waals surface area (Å²) in [7, 11) is 0. The van der Waals surface area contributed by atoms with Crippen LogP contribution in [0, 0.1) is 21.7 Å². The Hall–Kier alpha value is -2.29. The van der Waals surface area contributed by atoms with Crippen LogP contribution in [0.15, 0.2) is 51.4 Å². The van der Waals surface area contributed by atoms with Crippen molar-refractivity contribution in [1.82, 2.24) is 0 Å². The Morgan fingerprint density at radius 3 is 0.824 bits per heavy atom. The van der Waals surface area contributed by atoms with Crippen molar-refractivity contribution < 1.29 is 9.59 Å². The zero-order valence-corrected chi connectivity index (χ0v) is 23.2. The number of hydrogen-bond acceptors (Lipinski definition) is 3. The first-order valence-electron chi connectivity index (χ1n) is 12.4. The van der Waals surface area contributed by atoms with Crippen LogP contribution in [-0.2, 0) is 9.59 Å². The highest BCUT2D eigenvalue weighted by atomic mass is 16.1. The molecule has 3 nitrogen and oxygen atoms in total. The summed E-state index contributed by atoms with van der Waals surface area (Å²) in [5.74, 6) is -0.252. The molecule has 2 aliphatic carbocycles. The Morgan fingerprint density at radius 1 is 0.441 bits per heavy atom. The van der Waals surface area contributed by atoms with Gasteiger partial charge in [0.15, 0.2) is 17.0 Å². The Kier molecular flexibility index (Phi) is 6.09. The average molecular weight is 463 g/mol. The third-order valence-corrected chi connectivity index (χ3v) is 6.98. The first kappa shape index (κ1) is 26.3. The second kappa shape index (κ2) is 7.86. The van der Waals surface area contributed by atoms with Crippen LogP contribution in [0.1, 0.15) is 106 Å². The maximum absolute atomic E-state index is 13.3. The maximum atomic E-state index is 13.3. The highest BCUT2D eigenvalue weighted by molar-refractivity contribution is 6.12. The van der Waals surface area contributed by atoms with Gasteiger partial charge in [0.25, 0.3) is 0 Å². The van der Waals surface area contributed by atoms with Crippen molar-refractivity contribution >= 4 is 11.6 Å². The summed E-state index contributed by atoms with van der Waals surface area (Å²) >= 11 is 0. The fourth-order valence-corrected chi connectivity index (χ4v) is 4.96. The molecule has 184 valence electrons. The van der Waals surface area contributed by atoms with E-state index in [1.807, 2.05) is 107 Å². The predicted octanol–water partition coefficient (Wildman–Crippen LogP) is 7.15. The van der Waals surface area contributed by atoms with Crippen LogP contribution < -0.4 is 5.43 Å². The summed E-state index contributed by atoms with van der Waals surface area (Å²) in [5, 5.41) is 0. The quantitative estimate of drug-likeness (QED) is 0.469. The SMILES string of the molecule is CC(C)(C)C1=CC(c2c(C3C=C(C(C)(C)C)C(=O)C(C(C)(C)C)=C3)c2=O)C=C(C(C)(C)C)C1=O. The molecule has 0 atom stereocenters. The van der Waals surface area contributed by atoms with E-state index in [0.29, 0.717) is 0 Å². The largest absolute Gasteiger partial charge is 0.289 e. The normalized spacial score (nSPS) is 19.9. The van der Waals surface area contributed by atoms with E-state index in [9.17, 15) is 14.4 Å². The third-order valence-electron chi connectivity index (χ3n) is 6.98. The molecule has 0 spiro atoms. The molecule has 0 amide bonds. The molecule has 2 aliphatic rings. The molecule has 0 N–H and O–H groups in total. The van der Waals surface area contributed by atoms with E-state index >= 15 is 0 Å². The van der Waals surface area contributed by atoms with Crippen molar-refractivity contribution in [2.45, 2.75) is 94.9 Å². The number of carbonyl (C=O) groups is 2. The topological polar surface area (TPSA) is 51.2 Å². The van der Waals surface area contributed by atoms with E-state index in [0.717, 1.165) is 33.4 Å². The molecule has 0 fully saturated rings. The van der Waals surface area contributed by atoms with E-state index < -0.39 is 0 Å². The molecule has 0 heterocycles. The molecule has 1 aromatic carbocycles. The summed E-state index contributed by atoms with van der Waals surface area (Å²) in [6.07, 6.45) is 7.98. The lowest BCUT2D eigenvalue weighted by atomic mass is 9.69. The molecule has 0 aromatic heterocycles. The van der Waals surface area contributed by atoms with Crippen molar-refractivity contribution in [2.24, 2.45) is 21.7 Å². The van der Waals surface area contributed by atoms with E-state index in [1.165, 1.54) is 0 Å². The highest BCUT2D eigenvalue weighted by Crippen LogP contribution is 2.46. The van der Waals surface area contributed by atoms with Crippen LogP contribution >= 0.6 is 0 Å². The number of rotatable bonds is 2. The van der Waals surface area contributed by atoms with Crippen LogP contribution in [0.4, 0.5) is 0 Å². The Bertz CT molecular complexity index is 1010. The second-order valence-corrected chi connectivity index (χ2v) is 14.2. The minimum atomic E-state index is -0.311. The molecular weight excluding hydrogens is 420 g/mol. The van der Waals surface area contributed by atoms with Crippen LogP contribution in [0.25, 0.3) is 0 Å². The van der Waals surface area contributed by atoms with Crippen molar-refractivity contribution in [3.05, 3.63) is 67.9 Å². The van der Waals surface area contributed by atoms with Crippen LogP contribution in [-0.4, -0.2) is 11.6 Å². The summed E-state index contributed by atoms with van der Waals surface area (Å²) in [5.41, 5.74) is 3.47. The van der Waals surface area contributed by atoms with Gasteiger partial charge in [-0.2, -0.15) is 0 Å². The number of hydrogen-bond donors (Lipinski definition) is 0. The lowest BCUT2D eigenvalue weighted by Gasteiger charge is -2.33. The second-order valence-electron chi connectivity index (χ2n) is 14.2. The standard InChI is InChI=1S/C31H42O3/c1-28(2,3)19-13-17(14-20(25(19)32)29(4,5)6)23-24(27(23)34)18-15-21(30(7,8)9)26(33)22(16-18)31(10,11)12/h13-18H,1-12H3. The molecule has 3 heteroatoms. The molecule has 0 saturated carbocycles. The summed E-state index contributed by atoms with van der Waals surface area (Å²) in [4.78, 5) is 39.9. The van der Waals surface area contributed by atoms with Crippen molar-refractivity contribution in [3.63, 3.8) is 0 Å². The fraction of sp³-hybridized carbons (Fsp3) is 0.581. The van der Waals surface area contributed by atoms with Crippen molar-refractivity contribution in [1.29, 1.82) is 0 Å². The first-order chi connectivity index (χ1) is 15.2. The lowest BCUT2D eigenvalue weighted by molar-refractivity contribution is -0.115. The molecule has 1 aromatic rings. The minimum absolute atomic E-state index is 0.0711. The number of allylic oxidation sites excluding steroid dienone is 8. The molecule has 0 bridgehead atoms. The van der Waals surface area contributed by atoms with Gasteiger partial charge in [0.2, 0.25) is 0 Å². The van der Waals surface area contributed by atoms with Gasteiger partial charge < -0.3 is 0 Å². The van der Waals surface area contributed by atoms with Gasteiger partial charge in [0.1, 0.15) is 0 Å². The average Bonchev–Trinajstić information content (AvgIpc) is 3.29. The molecule has 0 radical (unpaired) electrons. The zero-order valence-electron chi connectivity index (χ0n) is 23.2. The van der Waals surface area contributed by atoms with E-state index in [-0.39, 0.29) is 50.5 Å². The van der Waals surface area contributed by atoms with Gasteiger partial charge in [0, 0.05) is 45.3 Å². The fourth-order valence-electron chi connectivity index (χ4n) is 4.96. The number of Topliss-reactive ketones (excluding diaryl/α,β-unsaturated/α-hetero) is 2. The van der Waals surface area contributed by atoms with Crippen molar-refractivity contribution in [2.75, 3.05) is 0 Å². The van der Waals surface area contributed by atoms with E-state index in [2.05, 4.69) is 0 Å². The van der Waals surface area contributed by atoms with Gasteiger partial charge in [-0.1, -0.05) is 107 Å². The molecule has 0 aliphatic heterocycles. The van der Waals surface area contributed by atoms with Crippen molar-refractivity contribution in [3.8, 4) is 0 Å². The lowest BCUT2D eigenvalue weighted by Crippen LogP contribution is -2.29. The first-order valence-corrected chi connectivity index (χ1v) is 12.4. The summed E-state index contributed by atoms with van der Waals surface area (Å²) in [6, 6.07) is 0. The van der Waals surface area contributed by atoms with Gasteiger partial charge >= 0.3 is 0 Å². The monoisotopic (exact) mass is 462 g/mol. The number of carbonyl (C=O) groups excluding carboxylic acids is 2. The predicted molar refractivity (Wildman–Crippen MR) is 141 cm³/mol. The van der Waals surface area contributed by atoms with E-state index in [4.69, 9.17) is 0 Å². The van der Waals surface area contributed by atoms with Gasteiger partial charge in [-0.25, -0.2) is 0 Å². The van der Waals surface area contributed by atoms with Gasteiger partial charge in [-0.15, -0.1) is 0 Å². The zero-order chi connectivity index (χ0) is 26.2. The van der Waals surface area contributed by atoms with Gasteiger partial charge in [-0.3, -0.25) is 14.4 Å². The van der Waals surface area contributed by atoms with E-state index in [1.54, 1.807) is 0 Å².